The number of piperazine rings is 1. The molecule has 1 N–H and O–H groups in total. The van der Waals surface area contributed by atoms with Crippen LogP contribution in [-0.4, -0.2) is 94.3 Å². The molecule has 1 aliphatic heterocycles. The summed E-state index contributed by atoms with van der Waals surface area (Å²) in [6, 6.07) is 11.2. The van der Waals surface area contributed by atoms with Crippen molar-refractivity contribution in [1.82, 2.24) is 39.4 Å². The maximum absolute atomic E-state index is 13.1. The van der Waals surface area contributed by atoms with E-state index in [0.717, 1.165) is 42.1 Å². The Bertz CT molecular complexity index is 1650. The molecule has 0 spiro atoms. The zero-order valence-electron chi connectivity index (χ0n) is 23.3. The third-order valence-corrected chi connectivity index (χ3v) is 8.23. The molecule has 4 heterocycles. The first-order chi connectivity index (χ1) is 19.7. The van der Waals surface area contributed by atoms with Gasteiger partial charge in [-0.2, -0.15) is 9.61 Å². The Hall–Kier alpha value is -4.29. The molecule has 3 aromatic heterocycles. The van der Waals surface area contributed by atoms with Crippen molar-refractivity contribution in [3.8, 4) is 5.82 Å². The molecule has 12 nitrogen and oxygen atoms in total. The number of benzene rings is 1. The van der Waals surface area contributed by atoms with Gasteiger partial charge in [-0.15, -0.1) is 15.3 Å². The molecule has 0 radical (unpaired) electrons. The van der Waals surface area contributed by atoms with Crippen LogP contribution in [-0.2, 0) is 27.3 Å². The van der Waals surface area contributed by atoms with E-state index in [2.05, 4.69) is 20.2 Å². The highest BCUT2D eigenvalue weighted by Gasteiger charge is 2.48. The van der Waals surface area contributed by atoms with Gasteiger partial charge in [0.1, 0.15) is 6.10 Å². The van der Waals surface area contributed by atoms with Crippen molar-refractivity contribution in [3.05, 3.63) is 70.3 Å². The number of rotatable bonds is 7. The molecule has 41 heavy (non-hydrogen) atoms. The third kappa shape index (κ3) is 4.93. The largest absolute Gasteiger partial charge is 0.384 e. The van der Waals surface area contributed by atoms with Crippen LogP contribution in [0.5, 0.6) is 0 Å². The molecule has 2 atom stereocenters. The number of hydrogen-bond donors (Lipinski definition) is 1. The number of aromatic nitrogens is 6. The number of nitrogens with zero attached hydrogens (tertiary/aromatic N) is 8. The van der Waals surface area contributed by atoms with Crippen molar-refractivity contribution in [1.29, 1.82) is 0 Å². The first kappa shape index (κ1) is 26.9. The highest BCUT2D eigenvalue weighted by molar-refractivity contribution is 6.48. The average molecular weight is 557 g/mol. The van der Waals surface area contributed by atoms with Crippen LogP contribution in [0.3, 0.4) is 0 Å². The standard InChI is InChI=1S/C29H32N8O4/c1-17-22(18(2)36(32-17)24-10-9-23-31-30-19(3)37(23)33-24)8-11-25(38)35-14-12-34(13-15-35)16-20-4-6-21(7-5-20)26-27(39)29(41)28(26)40/h4-7,9-10,26-27,39H,8,11-16H2,1-3H3. The fourth-order valence-electron chi connectivity index (χ4n) is 5.72. The Morgan fingerprint density at radius 2 is 1.66 bits per heavy atom. The molecular formula is C29H32N8O4. The van der Waals surface area contributed by atoms with Crippen LogP contribution in [0.2, 0.25) is 0 Å². The number of aliphatic hydroxyl groups is 1. The van der Waals surface area contributed by atoms with Gasteiger partial charge in [0.2, 0.25) is 17.5 Å². The summed E-state index contributed by atoms with van der Waals surface area (Å²) in [6.45, 7) is 9.42. The Kier molecular flexibility index (Phi) is 6.96. The molecule has 6 rings (SSSR count). The predicted octanol–water partition coefficient (Wildman–Crippen LogP) is 1.11. The number of aryl methyl sites for hydroxylation is 2. The van der Waals surface area contributed by atoms with Gasteiger partial charge in [-0.3, -0.25) is 19.3 Å². The SMILES string of the molecule is Cc1nn(-c2ccc3nnc(C)n3n2)c(C)c1CCC(=O)N1CCN(Cc2ccc(C3C(=O)C(=O)C3O)cc2)CC1. The van der Waals surface area contributed by atoms with Crippen LogP contribution < -0.4 is 0 Å². The minimum absolute atomic E-state index is 0.137. The number of hydrogen-bond acceptors (Lipinski definition) is 9. The molecule has 12 heteroatoms. The zero-order valence-corrected chi connectivity index (χ0v) is 23.3. The maximum Gasteiger partial charge on any atom is 0.228 e. The lowest BCUT2D eigenvalue weighted by Crippen LogP contribution is -2.50. The lowest BCUT2D eigenvalue weighted by atomic mass is 9.74. The molecule has 212 valence electrons. The van der Waals surface area contributed by atoms with Crippen molar-refractivity contribution in [2.75, 3.05) is 26.2 Å². The van der Waals surface area contributed by atoms with Gasteiger partial charge >= 0.3 is 0 Å². The lowest BCUT2D eigenvalue weighted by molar-refractivity contribution is -0.154. The molecular weight excluding hydrogens is 524 g/mol. The van der Waals surface area contributed by atoms with Crippen molar-refractivity contribution < 1.29 is 19.5 Å². The van der Waals surface area contributed by atoms with Crippen LogP contribution >= 0.6 is 0 Å². The van der Waals surface area contributed by atoms with E-state index in [-0.39, 0.29) is 5.91 Å². The quantitative estimate of drug-likeness (QED) is 0.332. The first-order valence-electron chi connectivity index (χ1n) is 13.8. The lowest BCUT2D eigenvalue weighted by Gasteiger charge is -2.35. The van der Waals surface area contributed by atoms with Crippen molar-refractivity contribution in [2.45, 2.75) is 52.2 Å². The monoisotopic (exact) mass is 556 g/mol. The molecule has 4 aromatic rings. The molecule has 1 saturated carbocycles. The Morgan fingerprint density at radius 3 is 2.37 bits per heavy atom. The summed E-state index contributed by atoms with van der Waals surface area (Å²) >= 11 is 0. The van der Waals surface area contributed by atoms with Gasteiger partial charge in [-0.25, -0.2) is 4.68 Å². The van der Waals surface area contributed by atoms with Crippen molar-refractivity contribution >= 4 is 23.1 Å². The summed E-state index contributed by atoms with van der Waals surface area (Å²) in [7, 11) is 0. The highest BCUT2D eigenvalue weighted by Crippen LogP contribution is 2.31. The normalized spacial score (nSPS) is 19.7. The van der Waals surface area contributed by atoms with Crippen LogP contribution in [0.1, 0.15) is 46.2 Å². The zero-order chi connectivity index (χ0) is 28.8. The molecule has 2 aliphatic rings. The van der Waals surface area contributed by atoms with Gasteiger partial charge < -0.3 is 10.0 Å². The van der Waals surface area contributed by atoms with Gasteiger partial charge in [0.25, 0.3) is 0 Å². The van der Waals surface area contributed by atoms with E-state index < -0.39 is 23.6 Å². The summed E-state index contributed by atoms with van der Waals surface area (Å²) in [6.07, 6.45) is -0.194. The number of carbonyl (C=O) groups is 3. The van der Waals surface area contributed by atoms with E-state index in [4.69, 9.17) is 5.10 Å². The summed E-state index contributed by atoms with van der Waals surface area (Å²) in [5.41, 5.74) is 5.33. The van der Waals surface area contributed by atoms with Gasteiger partial charge in [-0.1, -0.05) is 24.3 Å². The molecule has 0 bridgehead atoms. The van der Waals surface area contributed by atoms with Gasteiger partial charge in [0, 0.05) is 44.8 Å². The van der Waals surface area contributed by atoms with E-state index in [1.807, 2.05) is 66.8 Å². The second-order valence-corrected chi connectivity index (χ2v) is 10.8. The Labute approximate surface area is 236 Å². The van der Waals surface area contributed by atoms with E-state index in [1.54, 1.807) is 4.52 Å². The predicted molar refractivity (Wildman–Crippen MR) is 147 cm³/mol. The van der Waals surface area contributed by atoms with Gasteiger partial charge in [0.05, 0.1) is 11.6 Å². The van der Waals surface area contributed by atoms with Gasteiger partial charge in [-0.05, 0) is 56.0 Å². The van der Waals surface area contributed by atoms with E-state index in [0.29, 0.717) is 48.8 Å². The topological polar surface area (TPSA) is 139 Å². The molecule has 1 aliphatic carbocycles. The Morgan fingerprint density at radius 1 is 0.927 bits per heavy atom. The fraction of sp³-hybridized carbons (Fsp3) is 0.414. The number of amides is 1. The molecule has 1 aromatic carbocycles. The summed E-state index contributed by atoms with van der Waals surface area (Å²) in [5.74, 6) is -0.456. The minimum Gasteiger partial charge on any atom is -0.384 e. The van der Waals surface area contributed by atoms with Gasteiger partial charge in [0.15, 0.2) is 17.3 Å². The molecule has 2 unspecified atom stereocenters. The Balaban J connectivity index is 1.01. The first-order valence-corrected chi connectivity index (χ1v) is 13.8. The maximum atomic E-state index is 13.1. The smallest absolute Gasteiger partial charge is 0.228 e. The number of ketones is 2. The van der Waals surface area contributed by atoms with Crippen molar-refractivity contribution in [3.63, 3.8) is 0 Å². The molecule has 1 saturated heterocycles. The van der Waals surface area contributed by atoms with Crippen LogP contribution in [0.25, 0.3) is 11.5 Å². The second-order valence-electron chi connectivity index (χ2n) is 10.8. The molecule has 2 fully saturated rings. The van der Waals surface area contributed by atoms with Crippen LogP contribution in [0, 0.1) is 20.8 Å². The number of fused-ring (bicyclic) bond motifs is 1. The van der Waals surface area contributed by atoms with E-state index in [9.17, 15) is 19.5 Å². The highest BCUT2D eigenvalue weighted by atomic mass is 16.3. The summed E-state index contributed by atoms with van der Waals surface area (Å²) in [4.78, 5) is 40.4. The fourth-order valence-corrected chi connectivity index (χ4v) is 5.72. The second kappa shape index (κ2) is 10.6. The number of Topliss-reactive ketones (excluding diaryl/α,β-unsaturated/α-hetero) is 2. The summed E-state index contributed by atoms with van der Waals surface area (Å²) in [5, 5.41) is 27.3. The minimum atomic E-state index is -1.22. The molecule has 1 amide bonds. The van der Waals surface area contributed by atoms with Crippen LogP contribution in [0.15, 0.2) is 36.4 Å². The van der Waals surface area contributed by atoms with E-state index in [1.165, 1.54) is 0 Å². The van der Waals surface area contributed by atoms with Crippen molar-refractivity contribution in [2.24, 2.45) is 0 Å². The third-order valence-electron chi connectivity index (χ3n) is 8.23. The van der Waals surface area contributed by atoms with Crippen LogP contribution in [0.4, 0.5) is 0 Å². The van der Waals surface area contributed by atoms with E-state index >= 15 is 0 Å². The number of aliphatic hydroxyl groups excluding tert-OH is 1. The average Bonchev–Trinajstić information content (AvgIpc) is 3.50. The number of carbonyl (C=O) groups excluding carboxylic acids is 3. The summed E-state index contributed by atoms with van der Waals surface area (Å²) < 4.78 is 3.50.